The van der Waals surface area contributed by atoms with Crippen LogP contribution in [0.25, 0.3) is 0 Å². The minimum atomic E-state index is 0.0123. The van der Waals surface area contributed by atoms with Crippen LogP contribution in [0.5, 0.6) is 0 Å². The smallest absolute Gasteiger partial charge is 0.255 e. The molecule has 0 aromatic carbocycles. The maximum absolute atomic E-state index is 12.1. The van der Waals surface area contributed by atoms with Crippen LogP contribution in [0.3, 0.4) is 0 Å². The number of aryl methyl sites for hydroxylation is 2. The van der Waals surface area contributed by atoms with Crippen molar-refractivity contribution in [1.82, 2.24) is 5.32 Å². The third-order valence-electron chi connectivity index (χ3n) is 4.34. The van der Waals surface area contributed by atoms with Crippen LogP contribution in [0.2, 0.25) is 0 Å². The van der Waals surface area contributed by atoms with Gasteiger partial charge in [-0.1, -0.05) is 25.7 Å². The second-order valence-electron chi connectivity index (χ2n) is 5.76. The van der Waals surface area contributed by atoms with E-state index in [1.807, 2.05) is 20.8 Å². The number of hydrogen-bond acceptors (Lipinski definition) is 2. The second kappa shape index (κ2) is 6.27. The fourth-order valence-corrected chi connectivity index (χ4v) is 3.11. The van der Waals surface area contributed by atoms with Gasteiger partial charge in [-0.05, 0) is 39.5 Å². The van der Waals surface area contributed by atoms with E-state index in [9.17, 15) is 4.79 Å². The molecule has 0 unspecified atom stereocenters. The van der Waals surface area contributed by atoms with E-state index >= 15 is 0 Å². The van der Waals surface area contributed by atoms with Crippen LogP contribution in [0.4, 0.5) is 0 Å². The van der Waals surface area contributed by atoms with Crippen molar-refractivity contribution in [2.24, 2.45) is 5.92 Å². The molecular formula is C16H25NO2. The molecule has 1 aromatic heterocycles. The number of hydrogen-bond donors (Lipinski definition) is 1. The molecule has 0 spiro atoms. The van der Waals surface area contributed by atoms with Gasteiger partial charge in [0.15, 0.2) is 0 Å². The van der Waals surface area contributed by atoms with Gasteiger partial charge in [-0.15, -0.1) is 0 Å². The lowest BCUT2D eigenvalue weighted by atomic mass is 10.0. The normalized spacial score (nSPS) is 15.9. The quantitative estimate of drug-likeness (QED) is 0.818. The van der Waals surface area contributed by atoms with Crippen molar-refractivity contribution < 1.29 is 9.21 Å². The van der Waals surface area contributed by atoms with Crippen LogP contribution in [0.1, 0.15) is 66.0 Å². The highest BCUT2D eigenvalue weighted by Crippen LogP contribution is 2.28. The monoisotopic (exact) mass is 263 g/mol. The van der Waals surface area contributed by atoms with Gasteiger partial charge in [0, 0.05) is 12.1 Å². The molecule has 106 valence electrons. The van der Waals surface area contributed by atoms with Crippen molar-refractivity contribution >= 4 is 5.91 Å². The van der Waals surface area contributed by atoms with E-state index in [0.717, 1.165) is 41.5 Å². The molecule has 2 rings (SSSR count). The van der Waals surface area contributed by atoms with Crippen molar-refractivity contribution in [3.63, 3.8) is 0 Å². The summed E-state index contributed by atoms with van der Waals surface area (Å²) in [5.74, 6) is 2.48. The van der Waals surface area contributed by atoms with E-state index in [2.05, 4.69) is 5.32 Å². The minimum Gasteiger partial charge on any atom is -0.466 e. The Morgan fingerprint density at radius 1 is 1.21 bits per heavy atom. The standard InChI is InChI=1S/C16H25NO2/c1-11-12(2)19-13(3)15(11)16(18)17-10-6-9-14-7-4-5-8-14/h14H,4-10H2,1-3H3,(H,17,18). The average Bonchev–Trinajstić information content (AvgIpc) is 2.95. The Balaban J connectivity index is 1.77. The summed E-state index contributed by atoms with van der Waals surface area (Å²) in [6.45, 7) is 6.48. The van der Waals surface area contributed by atoms with Gasteiger partial charge in [-0.25, -0.2) is 0 Å². The molecule has 0 bridgehead atoms. The zero-order valence-corrected chi connectivity index (χ0v) is 12.3. The molecule has 1 amide bonds. The van der Waals surface area contributed by atoms with Crippen LogP contribution in [0.15, 0.2) is 4.42 Å². The van der Waals surface area contributed by atoms with Crippen LogP contribution >= 0.6 is 0 Å². The molecule has 3 nitrogen and oxygen atoms in total. The lowest BCUT2D eigenvalue weighted by molar-refractivity contribution is 0.0950. The molecule has 0 aliphatic heterocycles. The number of carbonyl (C=O) groups excluding carboxylic acids is 1. The minimum absolute atomic E-state index is 0.0123. The number of carbonyl (C=O) groups is 1. The molecule has 0 atom stereocenters. The first-order valence-electron chi connectivity index (χ1n) is 7.44. The van der Waals surface area contributed by atoms with Gasteiger partial charge >= 0.3 is 0 Å². The van der Waals surface area contributed by atoms with Crippen molar-refractivity contribution in [3.8, 4) is 0 Å². The Bertz CT molecular complexity index is 442. The molecule has 0 saturated heterocycles. The molecule has 1 aliphatic rings. The molecule has 1 saturated carbocycles. The number of furan rings is 1. The Morgan fingerprint density at radius 3 is 2.47 bits per heavy atom. The van der Waals surface area contributed by atoms with Gasteiger partial charge in [-0.3, -0.25) is 4.79 Å². The van der Waals surface area contributed by atoms with Crippen LogP contribution < -0.4 is 5.32 Å². The van der Waals surface area contributed by atoms with E-state index in [1.165, 1.54) is 32.1 Å². The molecule has 1 N–H and O–H groups in total. The van der Waals surface area contributed by atoms with Gasteiger partial charge in [0.1, 0.15) is 11.5 Å². The molecule has 1 aliphatic carbocycles. The van der Waals surface area contributed by atoms with Gasteiger partial charge in [0.2, 0.25) is 0 Å². The third kappa shape index (κ3) is 3.40. The fraction of sp³-hybridized carbons (Fsp3) is 0.688. The van der Waals surface area contributed by atoms with Crippen molar-refractivity contribution in [2.75, 3.05) is 6.54 Å². The molecule has 1 fully saturated rings. The lowest BCUT2D eigenvalue weighted by Gasteiger charge is -2.09. The summed E-state index contributed by atoms with van der Waals surface area (Å²) < 4.78 is 5.49. The van der Waals surface area contributed by atoms with Crippen LogP contribution in [-0.2, 0) is 0 Å². The third-order valence-corrected chi connectivity index (χ3v) is 4.34. The molecular weight excluding hydrogens is 238 g/mol. The topological polar surface area (TPSA) is 42.2 Å². The zero-order chi connectivity index (χ0) is 13.8. The van der Waals surface area contributed by atoms with Gasteiger partial charge in [-0.2, -0.15) is 0 Å². The Hall–Kier alpha value is -1.25. The summed E-state index contributed by atoms with van der Waals surface area (Å²) in [6.07, 6.45) is 7.89. The number of amides is 1. The molecule has 1 heterocycles. The number of nitrogens with one attached hydrogen (secondary N) is 1. The second-order valence-corrected chi connectivity index (χ2v) is 5.76. The molecule has 0 radical (unpaired) electrons. The summed E-state index contributed by atoms with van der Waals surface area (Å²) in [4.78, 5) is 12.1. The Morgan fingerprint density at radius 2 is 1.89 bits per heavy atom. The summed E-state index contributed by atoms with van der Waals surface area (Å²) in [7, 11) is 0. The first kappa shape index (κ1) is 14.2. The van der Waals surface area contributed by atoms with E-state index in [0.29, 0.717) is 0 Å². The van der Waals surface area contributed by atoms with E-state index in [4.69, 9.17) is 4.42 Å². The Labute approximate surface area is 115 Å². The number of rotatable bonds is 5. The highest BCUT2D eigenvalue weighted by atomic mass is 16.3. The summed E-state index contributed by atoms with van der Waals surface area (Å²) in [5.41, 5.74) is 1.68. The first-order chi connectivity index (χ1) is 9.09. The van der Waals surface area contributed by atoms with Crippen molar-refractivity contribution in [1.29, 1.82) is 0 Å². The maximum atomic E-state index is 12.1. The summed E-state index contributed by atoms with van der Waals surface area (Å²) in [5, 5.41) is 3.02. The van der Waals surface area contributed by atoms with Gasteiger partial charge in [0.05, 0.1) is 5.56 Å². The fourth-order valence-electron chi connectivity index (χ4n) is 3.11. The average molecular weight is 263 g/mol. The predicted molar refractivity (Wildman–Crippen MR) is 76.4 cm³/mol. The Kier molecular flexibility index (Phi) is 4.67. The van der Waals surface area contributed by atoms with Crippen LogP contribution in [0, 0.1) is 26.7 Å². The van der Waals surface area contributed by atoms with Gasteiger partial charge < -0.3 is 9.73 Å². The largest absolute Gasteiger partial charge is 0.466 e. The van der Waals surface area contributed by atoms with Crippen LogP contribution in [-0.4, -0.2) is 12.5 Å². The van der Waals surface area contributed by atoms with E-state index in [1.54, 1.807) is 0 Å². The highest BCUT2D eigenvalue weighted by molar-refractivity contribution is 5.96. The highest BCUT2D eigenvalue weighted by Gasteiger charge is 2.18. The summed E-state index contributed by atoms with van der Waals surface area (Å²) in [6, 6.07) is 0. The molecule has 19 heavy (non-hydrogen) atoms. The zero-order valence-electron chi connectivity index (χ0n) is 12.3. The van der Waals surface area contributed by atoms with Crippen molar-refractivity contribution in [2.45, 2.75) is 59.3 Å². The van der Waals surface area contributed by atoms with E-state index < -0.39 is 0 Å². The maximum Gasteiger partial charge on any atom is 0.255 e. The SMILES string of the molecule is Cc1oc(C)c(C(=O)NCCCC2CCCC2)c1C. The predicted octanol–water partition coefficient (Wildman–Crippen LogP) is 3.91. The molecule has 3 heteroatoms. The van der Waals surface area contributed by atoms with Crippen molar-refractivity contribution in [3.05, 3.63) is 22.6 Å². The molecule has 1 aromatic rings. The summed E-state index contributed by atoms with van der Waals surface area (Å²) >= 11 is 0. The lowest BCUT2D eigenvalue weighted by Crippen LogP contribution is -2.25. The first-order valence-corrected chi connectivity index (χ1v) is 7.44. The van der Waals surface area contributed by atoms with Gasteiger partial charge in [0.25, 0.3) is 5.91 Å². The van der Waals surface area contributed by atoms with E-state index in [-0.39, 0.29) is 5.91 Å².